The molecule has 0 spiro atoms. The molecular weight excluding hydrogens is 106 g/mol. The summed E-state index contributed by atoms with van der Waals surface area (Å²) in [5, 5.41) is 0. The average molecular weight is 111 g/mol. The maximum Gasteiger partial charge on any atom is 0.287 e. The Morgan fingerprint density at radius 3 is 2.88 bits per heavy atom. The van der Waals surface area contributed by atoms with Crippen molar-refractivity contribution in [2.75, 3.05) is 5.84 Å². The van der Waals surface area contributed by atoms with E-state index in [1.807, 2.05) is 0 Å². The predicted octanol–water partition coefficient (Wildman–Crippen LogP) is -1.04. The standard InChI is InChI=1S/C4H5N3O/c5-7-2-1-6-3-4(7)8/h1-3H,5H2. The Kier molecular flexibility index (Phi) is 0.997. The normalized spacial score (nSPS) is 9.00. The Morgan fingerprint density at radius 1 is 1.75 bits per heavy atom. The van der Waals surface area contributed by atoms with E-state index in [2.05, 4.69) is 4.98 Å². The molecule has 2 N–H and O–H groups in total. The molecule has 0 radical (unpaired) electrons. The Labute approximate surface area is 45.6 Å². The lowest BCUT2D eigenvalue weighted by molar-refractivity contribution is 0.909. The van der Waals surface area contributed by atoms with E-state index in [0.29, 0.717) is 0 Å². The van der Waals surface area contributed by atoms with Crippen molar-refractivity contribution in [3.63, 3.8) is 0 Å². The highest BCUT2D eigenvalue weighted by atomic mass is 16.1. The maximum absolute atomic E-state index is 10.4. The molecule has 0 atom stereocenters. The molecule has 0 aliphatic heterocycles. The second-order valence-corrected chi connectivity index (χ2v) is 1.32. The second kappa shape index (κ2) is 1.65. The molecule has 0 saturated carbocycles. The first kappa shape index (κ1) is 4.83. The van der Waals surface area contributed by atoms with E-state index in [1.165, 1.54) is 12.4 Å². The summed E-state index contributed by atoms with van der Waals surface area (Å²) in [6.45, 7) is 0. The highest BCUT2D eigenvalue weighted by Gasteiger charge is 1.81. The van der Waals surface area contributed by atoms with Gasteiger partial charge in [0, 0.05) is 12.4 Å². The average Bonchev–Trinajstić information content (AvgIpc) is 1.77. The molecule has 0 fully saturated rings. The van der Waals surface area contributed by atoms with Crippen LogP contribution in [0.1, 0.15) is 0 Å². The number of nitrogen functional groups attached to an aromatic ring is 1. The summed E-state index contributed by atoms with van der Waals surface area (Å²) in [5.41, 5.74) is -0.299. The molecule has 0 saturated heterocycles. The van der Waals surface area contributed by atoms with Gasteiger partial charge in [0.25, 0.3) is 5.56 Å². The van der Waals surface area contributed by atoms with Crippen LogP contribution in [0.4, 0.5) is 0 Å². The summed E-state index contributed by atoms with van der Waals surface area (Å²) in [6, 6.07) is 0. The topological polar surface area (TPSA) is 60.9 Å². The fourth-order valence-corrected chi connectivity index (χ4v) is 0.357. The molecule has 0 unspecified atom stereocenters. The van der Waals surface area contributed by atoms with Crippen LogP contribution in [0.3, 0.4) is 0 Å². The van der Waals surface area contributed by atoms with Gasteiger partial charge in [0.05, 0.1) is 6.20 Å². The van der Waals surface area contributed by atoms with Crippen molar-refractivity contribution in [3.8, 4) is 0 Å². The van der Waals surface area contributed by atoms with E-state index >= 15 is 0 Å². The van der Waals surface area contributed by atoms with Crippen molar-refractivity contribution in [2.24, 2.45) is 0 Å². The molecule has 1 rings (SSSR count). The van der Waals surface area contributed by atoms with Crippen molar-refractivity contribution >= 4 is 0 Å². The van der Waals surface area contributed by atoms with E-state index in [0.717, 1.165) is 10.9 Å². The van der Waals surface area contributed by atoms with Gasteiger partial charge in [-0.2, -0.15) is 0 Å². The van der Waals surface area contributed by atoms with Crippen LogP contribution in [0.5, 0.6) is 0 Å². The molecule has 1 aromatic heterocycles. The smallest absolute Gasteiger partial charge is 0.287 e. The van der Waals surface area contributed by atoms with Gasteiger partial charge < -0.3 is 5.84 Å². The lowest BCUT2D eigenvalue weighted by Crippen LogP contribution is -2.25. The summed E-state index contributed by atoms with van der Waals surface area (Å²) >= 11 is 0. The van der Waals surface area contributed by atoms with Crippen LogP contribution in [-0.2, 0) is 0 Å². The molecule has 42 valence electrons. The molecule has 0 aliphatic rings. The third kappa shape index (κ3) is 0.676. The molecule has 0 aromatic carbocycles. The quantitative estimate of drug-likeness (QED) is 0.435. The highest BCUT2D eigenvalue weighted by molar-refractivity contribution is 4.78. The molecule has 0 aliphatic carbocycles. The zero-order valence-electron chi connectivity index (χ0n) is 4.11. The Bertz CT molecular complexity index is 229. The summed E-state index contributed by atoms with van der Waals surface area (Å²) in [4.78, 5) is 13.9. The summed E-state index contributed by atoms with van der Waals surface area (Å²) in [7, 11) is 0. The third-order valence-corrected chi connectivity index (χ3v) is 0.753. The summed E-state index contributed by atoms with van der Waals surface area (Å²) < 4.78 is 0.965. The van der Waals surface area contributed by atoms with Crippen LogP contribution in [-0.4, -0.2) is 9.66 Å². The van der Waals surface area contributed by atoms with Crippen LogP contribution in [0, 0.1) is 0 Å². The number of aromatic nitrogens is 2. The van der Waals surface area contributed by atoms with Gasteiger partial charge >= 0.3 is 0 Å². The van der Waals surface area contributed by atoms with Gasteiger partial charge in [-0.3, -0.25) is 9.78 Å². The molecule has 1 aromatic rings. The molecule has 1 heterocycles. The first-order valence-electron chi connectivity index (χ1n) is 2.08. The SMILES string of the molecule is Nn1ccncc1=O. The zero-order chi connectivity index (χ0) is 5.98. The monoisotopic (exact) mass is 111 g/mol. The number of hydrogen-bond acceptors (Lipinski definition) is 3. The minimum atomic E-state index is -0.299. The third-order valence-electron chi connectivity index (χ3n) is 0.753. The van der Waals surface area contributed by atoms with Crippen molar-refractivity contribution in [1.82, 2.24) is 9.66 Å². The minimum Gasteiger partial charge on any atom is -0.336 e. The fraction of sp³-hybridized carbons (Fsp3) is 0. The van der Waals surface area contributed by atoms with Gasteiger partial charge in [-0.05, 0) is 0 Å². The Balaban J connectivity index is 3.35. The van der Waals surface area contributed by atoms with Gasteiger partial charge in [0.2, 0.25) is 0 Å². The highest BCUT2D eigenvalue weighted by Crippen LogP contribution is 1.63. The lowest BCUT2D eigenvalue weighted by Gasteiger charge is -1.89. The van der Waals surface area contributed by atoms with E-state index in [-0.39, 0.29) is 5.56 Å². The molecule has 0 bridgehead atoms. The van der Waals surface area contributed by atoms with Crippen LogP contribution in [0.15, 0.2) is 23.4 Å². The first-order chi connectivity index (χ1) is 3.80. The second-order valence-electron chi connectivity index (χ2n) is 1.32. The van der Waals surface area contributed by atoms with Crippen molar-refractivity contribution < 1.29 is 0 Å². The van der Waals surface area contributed by atoms with Crippen molar-refractivity contribution in [2.45, 2.75) is 0 Å². The van der Waals surface area contributed by atoms with Crippen LogP contribution in [0.2, 0.25) is 0 Å². The van der Waals surface area contributed by atoms with E-state index in [1.54, 1.807) is 0 Å². The predicted molar refractivity (Wildman–Crippen MR) is 28.6 cm³/mol. The largest absolute Gasteiger partial charge is 0.336 e. The fourth-order valence-electron chi connectivity index (χ4n) is 0.357. The van der Waals surface area contributed by atoms with Gasteiger partial charge in [0.15, 0.2) is 0 Å². The molecule has 0 amide bonds. The molecule has 4 nitrogen and oxygen atoms in total. The Morgan fingerprint density at radius 2 is 2.50 bits per heavy atom. The maximum atomic E-state index is 10.4. The van der Waals surface area contributed by atoms with Crippen LogP contribution in [0.25, 0.3) is 0 Å². The zero-order valence-corrected chi connectivity index (χ0v) is 4.11. The number of nitrogens with two attached hydrogens (primary N) is 1. The van der Waals surface area contributed by atoms with Gasteiger partial charge in [-0.1, -0.05) is 0 Å². The molecule has 8 heavy (non-hydrogen) atoms. The summed E-state index contributed by atoms with van der Waals surface area (Å²) in [5.74, 6) is 5.08. The first-order valence-corrected chi connectivity index (χ1v) is 2.08. The van der Waals surface area contributed by atoms with Gasteiger partial charge in [0.1, 0.15) is 0 Å². The molecular formula is C4H5N3O. The van der Waals surface area contributed by atoms with E-state index in [9.17, 15) is 4.79 Å². The Hall–Kier alpha value is -1.32. The molecule has 4 heteroatoms. The lowest BCUT2D eigenvalue weighted by atomic mass is 10.7. The number of hydrogen-bond donors (Lipinski definition) is 1. The van der Waals surface area contributed by atoms with E-state index < -0.39 is 0 Å². The van der Waals surface area contributed by atoms with Crippen molar-refractivity contribution in [1.29, 1.82) is 0 Å². The van der Waals surface area contributed by atoms with Crippen LogP contribution < -0.4 is 11.4 Å². The van der Waals surface area contributed by atoms with Gasteiger partial charge in [-0.15, -0.1) is 0 Å². The van der Waals surface area contributed by atoms with Crippen LogP contribution >= 0.6 is 0 Å². The minimum absolute atomic E-state index is 0.299. The number of nitrogens with zero attached hydrogens (tertiary/aromatic N) is 2. The van der Waals surface area contributed by atoms with E-state index in [4.69, 9.17) is 5.84 Å². The van der Waals surface area contributed by atoms with Crippen molar-refractivity contribution in [3.05, 3.63) is 28.9 Å². The summed E-state index contributed by atoms with van der Waals surface area (Å²) in [6.07, 6.45) is 3.99. The van der Waals surface area contributed by atoms with Gasteiger partial charge in [-0.25, -0.2) is 4.68 Å². The number of rotatable bonds is 0.